The molecule has 4 bridgehead atoms. The predicted octanol–water partition coefficient (Wildman–Crippen LogP) is 2.87. The topological polar surface area (TPSA) is 29.3 Å². The van der Waals surface area contributed by atoms with Crippen molar-refractivity contribution in [2.75, 3.05) is 19.6 Å². The van der Waals surface area contributed by atoms with E-state index in [1.54, 1.807) is 32.1 Å². The fraction of sp³-hybridized carbons (Fsp3) is 1.00. The summed E-state index contributed by atoms with van der Waals surface area (Å²) in [6.45, 7) is 3.64. The van der Waals surface area contributed by atoms with E-state index in [0.29, 0.717) is 0 Å². The molecule has 1 saturated heterocycles. The molecule has 5 aliphatic rings. The van der Waals surface area contributed by atoms with Gasteiger partial charge in [-0.05, 0) is 101 Å². The second-order valence-corrected chi connectivity index (χ2v) is 7.98. The zero-order chi connectivity index (χ0) is 12.8. The van der Waals surface area contributed by atoms with Crippen LogP contribution < -0.4 is 5.73 Å². The standard InChI is InChI=1S/C17H30N2/c18-4-1-12-2-5-19(6-3-12)17-15-8-13-7-14(10-15)11-16(17)9-13/h12-17H,1-11,18H2. The minimum absolute atomic E-state index is 0.892. The van der Waals surface area contributed by atoms with Gasteiger partial charge in [0.2, 0.25) is 0 Å². The first-order valence-corrected chi connectivity index (χ1v) is 8.77. The molecule has 2 N–H and O–H groups in total. The lowest BCUT2D eigenvalue weighted by Gasteiger charge is -2.58. The fourth-order valence-corrected chi connectivity index (χ4v) is 6.27. The Kier molecular flexibility index (Phi) is 3.35. The first-order valence-electron chi connectivity index (χ1n) is 8.77. The Morgan fingerprint density at radius 1 is 0.842 bits per heavy atom. The Labute approximate surface area is 118 Å². The third-order valence-electron chi connectivity index (χ3n) is 6.82. The molecular weight excluding hydrogens is 232 g/mol. The van der Waals surface area contributed by atoms with Crippen molar-refractivity contribution in [3.8, 4) is 0 Å². The van der Waals surface area contributed by atoms with Crippen LogP contribution in [0.15, 0.2) is 0 Å². The van der Waals surface area contributed by atoms with E-state index in [4.69, 9.17) is 5.73 Å². The minimum atomic E-state index is 0.892. The summed E-state index contributed by atoms with van der Waals surface area (Å²) < 4.78 is 0. The normalized spacial score (nSPS) is 46.9. The summed E-state index contributed by atoms with van der Waals surface area (Å²) >= 11 is 0. The largest absolute Gasteiger partial charge is 0.330 e. The molecule has 5 rings (SSSR count). The van der Waals surface area contributed by atoms with Crippen LogP contribution in [0.4, 0.5) is 0 Å². The molecule has 2 heteroatoms. The van der Waals surface area contributed by atoms with Gasteiger partial charge in [0.25, 0.3) is 0 Å². The van der Waals surface area contributed by atoms with Crippen LogP contribution in [0.2, 0.25) is 0 Å². The molecule has 108 valence electrons. The molecule has 0 unspecified atom stereocenters. The molecule has 5 fully saturated rings. The van der Waals surface area contributed by atoms with E-state index in [-0.39, 0.29) is 0 Å². The van der Waals surface area contributed by atoms with Crippen LogP contribution in [0.1, 0.15) is 51.4 Å². The lowest BCUT2D eigenvalue weighted by molar-refractivity contribution is -0.0736. The van der Waals surface area contributed by atoms with Crippen LogP contribution in [-0.4, -0.2) is 30.6 Å². The lowest BCUT2D eigenvalue weighted by Crippen LogP contribution is -2.57. The highest BCUT2D eigenvalue weighted by molar-refractivity contribution is 5.02. The molecule has 1 heterocycles. The van der Waals surface area contributed by atoms with Crippen LogP contribution in [-0.2, 0) is 0 Å². The van der Waals surface area contributed by atoms with E-state index in [2.05, 4.69) is 4.90 Å². The SMILES string of the molecule is NCCC1CCN(C2C3CC4CC(C3)CC2C4)CC1. The Morgan fingerprint density at radius 2 is 1.42 bits per heavy atom. The van der Waals surface area contributed by atoms with Gasteiger partial charge in [-0.2, -0.15) is 0 Å². The van der Waals surface area contributed by atoms with Crippen molar-refractivity contribution >= 4 is 0 Å². The van der Waals surface area contributed by atoms with Crippen molar-refractivity contribution in [1.29, 1.82) is 0 Å². The van der Waals surface area contributed by atoms with Crippen molar-refractivity contribution in [2.45, 2.75) is 57.4 Å². The molecule has 4 saturated carbocycles. The molecule has 0 atom stereocenters. The van der Waals surface area contributed by atoms with E-state index < -0.39 is 0 Å². The number of hydrogen-bond acceptors (Lipinski definition) is 2. The van der Waals surface area contributed by atoms with Crippen molar-refractivity contribution in [3.63, 3.8) is 0 Å². The van der Waals surface area contributed by atoms with Gasteiger partial charge in [0.1, 0.15) is 0 Å². The van der Waals surface area contributed by atoms with Gasteiger partial charge in [0.15, 0.2) is 0 Å². The van der Waals surface area contributed by atoms with E-state index in [9.17, 15) is 0 Å². The fourth-order valence-electron chi connectivity index (χ4n) is 6.27. The quantitative estimate of drug-likeness (QED) is 0.847. The second kappa shape index (κ2) is 5.04. The molecule has 0 spiro atoms. The summed E-state index contributed by atoms with van der Waals surface area (Å²) in [5.74, 6) is 5.31. The molecular formula is C17H30N2. The van der Waals surface area contributed by atoms with Gasteiger partial charge in [-0.1, -0.05) is 0 Å². The van der Waals surface area contributed by atoms with Gasteiger partial charge in [-0.3, -0.25) is 4.90 Å². The van der Waals surface area contributed by atoms with Gasteiger partial charge >= 0.3 is 0 Å². The molecule has 4 aliphatic carbocycles. The van der Waals surface area contributed by atoms with Gasteiger partial charge in [0.05, 0.1) is 0 Å². The maximum Gasteiger partial charge on any atom is 0.0152 e. The molecule has 2 nitrogen and oxygen atoms in total. The first-order chi connectivity index (χ1) is 9.33. The summed E-state index contributed by atoms with van der Waals surface area (Å²) in [7, 11) is 0. The first kappa shape index (κ1) is 12.6. The summed E-state index contributed by atoms with van der Waals surface area (Å²) in [6, 6.07) is 0.978. The van der Waals surface area contributed by atoms with E-state index in [1.807, 2.05) is 0 Å². The number of hydrogen-bond donors (Lipinski definition) is 1. The van der Waals surface area contributed by atoms with Crippen molar-refractivity contribution < 1.29 is 0 Å². The average molecular weight is 262 g/mol. The molecule has 0 aromatic heterocycles. The van der Waals surface area contributed by atoms with E-state index in [1.165, 1.54) is 32.4 Å². The number of nitrogens with two attached hydrogens (primary N) is 1. The van der Waals surface area contributed by atoms with E-state index >= 15 is 0 Å². The van der Waals surface area contributed by atoms with Gasteiger partial charge < -0.3 is 5.73 Å². The maximum atomic E-state index is 5.72. The summed E-state index contributed by atoms with van der Waals surface area (Å²) in [4.78, 5) is 2.90. The third kappa shape index (κ3) is 2.25. The lowest BCUT2D eigenvalue weighted by atomic mass is 9.53. The highest BCUT2D eigenvalue weighted by atomic mass is 15.2. The average Bonchev–Trinajstić information content (AvgIpc) is 2.40. The predicted molar refractivity (Wildman–Crippen MR) is 78.8 cm³/mol. The molecule has 1 aliphatic heterocycles. The Bertz CT molecular complexity index is 291. The summed E-state index contributed by atoms with van der Waals surface area (Å²) in [5.41, 5.74) is 5.72. The van der Waals surface area contributed by atoms with Gasteiger partial charge in [-0.15, -0.1) is 0 Å². The van der Waals surface area contributed by atoms with Gasteiger partial charge in [-0.25, -0.2) is 0 Å². The van der Waals surface area contributed by atoms with Crippen molar-refractivity contribution in [2.24, 2.45) is 35.3 Å². The minimum Gasteiger partial charge on any atom is -0.330 e. The summed E-state index contributed by atoms with van der Waals surface area (Å²) in [5, 5.41) is 0. The van der Waals surface area contributed by atoms with Crippen molar-refractivity contribution in [3.05, 3.63) is 0 Å². The van der Waals surface area contributed by atoms with Crippen molar-refractivity contribution in [1.82, 2.24) is 4.90 Å². The Balaban J connectivity index is 1.40. The number of nitrogens with zero attached hydrogens (tertiary/aromatic N) is 1. The molecule has 0 amide bonds. The smallest absolute Gasteiger partial charge is 0.0152 e. The second-order valence-electron chi connectivity index (χ2n) is 7.98. The number of rotatable bonds is 3. The monoisotopic (exact) mass is 262 g/mol. The van der Waals surface area contributed by atoms with Crippen LogP contribution in [0.3, 0.4) is 0 Å². The van der Waals surface area contributed by atoms with Crippen LogP contribution >= 0.6 is 0 Å². The third-order valence-corrected chi connectivity index (χ3v) is 6.82. The van der Waals surface area contributed by atoms with Gasteiger partial charge in [0, 0.05) is 6.04 Å². The Morgan fingerprint density at radius 3 is 1.95 bits per heavy atom. The number of likely N-dealkylation sites (tertiary alicyclic amines) is 1. The van der Waals surface area contributed by atoms with Crippen LogP contribution in [0.25, 0.3) is 0 Å². The molecule has 0 radical (unpaired) electrons. The van der Waals surface area contributed by atoms with Crippen LogP contribution in [0, 0.1) is 29.6 Å². The maximum absolute atomic E-state index is 5.72. The summed E-state index contributed by atoms with van der Waals surface area (Å²) in [6.07, 6.45) is 12.0. The highest BCUT2D eigenvalue weighted by Crippen LogP contribution is 2.55. The van der Waals surface area contributed by atoms with E-state index in [0.717, 1.165) is 42.2 Å². The van der Waals surface area contributed by atoms with Crippen LogP contribution in [0.5, 0.6) is 0 Å². The molecule has 0 aromatic rings. The molecule has 19 heavy (non-hydrogen) atoms. The number of piperidine rings is 1. The molecule has 0 aromatic carbocycles. The zero-order valence-electron chi connectivity index (χ0n) is 12.3. The zero-order valence-corrected chi connectivity index (χ0v) is 12.3. The highest BCUT2D eigenvalue weighted by Gasteiger charge is 2.50. The Hall–Kier alpha value is -0.0800.